The molecule has 0 fully saturated rings. The van der Waals surface area contributed by atoms with Gasteiger partial charge in [0.1, 0.15) is 0 Å². The maximum Gasteiger partial charge on any atom is 1.00 e. The minimum absolute atomic E-state index is 0. The van der Waals surface area contributed by atoms with Crippen molar-refractivity contribution in [3.05, 3.63) is 24.3 Å². The molecule has 0 aromatic heterocycles. The van der Waals surface area contributed by atoms with E-state index in [0.717, 1.165) is 24.3 Å². The van der Waals surface area contributed by atoms with Gasteiger partial charge in [0.15, 0.2) is 0 Å². The Morgan fingerprint density at radius 3 is 1.56 bits per heavy atom. The van der Waals surface area contributed by atoms with Crippen LogP contribution in [0.2, 0.25) is 0 Å². The van der Waals surface area contributed by atoms with Crippen LogP contribution >= 0.6 is 0 Å². The molecule has 0 N–H and O–H groups in total. The molecule has 1 rings (SSSR count). The molecule has 0 saturated carbocycles. The standard InChI is InChI=1S/C6H8O4.C4H2O3.Na.H/c1-9-5(7)3-4-6(8)10-2;5-3-1-2-4(6)7-3;;/h3-4H,1-2H3;1-2H;;/q;;+1;-1/b4-3-;;;. The molecule has 1 aliphatic heterocycles. The Labute approximate surface area is 127 Å². The average Bonchev–Trinajstić information content (AvgIpc) is 2.70. The van der Waals surface area contributed by atoms with E-state index in [1.165, 1.54) is 14.2 Å². The molecule has 0 radical (unpaired) electrons. The van der Waals surface area contributed by atoms with Gasteiger partial charge in [-0.15, -0.1) is 0 Å². The van der Waals surface area contributed by atoms with Crippen molar-refractivity contribution in [3.8, 4) is 0 Å². The zero-order valence-electron chi connectivity index (χ0n) is 11.2. The van der Waals surface area contributed by atoms with Crippen LogP contribution in [0.15, 0.2) is 24.3 Å². The summed E-state index contributed by atoms with van der Waals surface area (Å²) in [7, 11) is 2.45. The monoisotopic (exact) mass is 266 g/mol. The number of carbonyl (C=O) groups is 4. The van der Waals surface area contributed by atoms with E-state index in [1.54, 1.807) is 0 Å². The minimum atomic E-state index is -0.579. The number of cyclic esters (lactones) is 2. The maximum atomic E-state index is 10.3. The molecule has 18 heavy (non-hydrogen) atoms. The van der Waals surface area contributed by atoms with Crippen molar-refractivity contribution in [2.75, 3.05) is 14.2 Å². The van der Waals surface area contributed by atoms with Crippen LogP contribution in [0.5, 0.6) is 0 Å². The van der Waals surface area contributed by atoms with E-state index in [9.17, 15) is 19.2 Å². The molecule has 94 valence electrons. The van der Waals surface area contributed by atoms with Crippen molar-refractivity contribution in [1.82, 2.24) is 0 Å². The summed E-state index contributed by atoms with van der Waals surface area (Å²) >= 11 is 0. The van der Waals surface area contributed by atoms with Gasteiger partial charge in [0, 0.05) is 24.3 Å². The molecule has 0 aromatic carbocycles. The summed E-state index contributed by atoms with van der Waals surface area (Å²) in [5.41, 5.74) is 0. The third-order valence-electron chi connectivity index (χ3n) is 1.31. The number of hydrogen-bond acceptors (Lipinski definition) is 7. The van der Waals surface area contributed by atoms with Gasteiger partial charge in [-0.3, -0.25) is 0 Å². The zero-order chi connectivity index (χ0) is 13.3. The van der Waals surface area contributed by atoms with E-state index in [4.69, 9.17) is 0 Å². The number of rotatable bonds is 2. The molecular formula is C10H11NaO7. The maximum absolute atomic E-state index is 10.3. The van der Waals surface area contributed by atoms with Crippen molar-refractivity contribution < 1.29 is 64.4 Å². The first-order chi connectivity index (χ1) is 7.99. The summed E-state index contributed by atoms with van der Waals surface area (Å²) in [6.45, 7) is 0. The van der Waals surface area contributed by atoms with E-state index in [2.05, 4.69) is 14.2 Å². The van der Waals surface area contributed by atoms with E-state index in [-0.39, 0.29) is 31.0 Å². The van der Waals surface area contributed by atoms with Gasteiger partial charge in [-0.25, -0.2) is 19.2 Å². The van der Waals surface area contributed by atoms with Gasteiger partial charge in [0.05, 0.1) is 14.2 Å². The van der Waals surface area contributed by atoms with Crippen LogP contribution in [0.1, 0.15) is 1.43 Å². The minimum Gasteiger partial charge on any atom is -1.00 e. The summed E-state index contributed by atoms with van der Waals surface area (Å²) in [4.78, 5) is 40.5. The fourth-order valence-corrected chi connectivity index (χ4v) is 0.575. The Kier molecular flexibility index (Phi) is 11.2. The van der Waals surface area contributed by atoms with Gasteiger partial charge >= 0.3 is 53.4 Å². The summed E-state index contributed by atoms with van der Waals surface area (Å²) in [5, 5.41) is 0. The molecule has 0 unspecified atom stereocenters. The van der Waals surface area contributed by atoms with Gasteiger partial charge in [-0.1, -0.05) is 0 Å². The summed E-state index contributed by atoms with van der Waals surface area (Å²) in [5.74, 6) is -2.31. The van der Waals surface area contributed by atoms with E-state index in [1.807, 2.05) is 0 Å². The van der Waals surface area contributed by atoms with Crippen molar-refractivity contribution in [2.24, 2.45) is 0 Å². The number of ether oxygens (including phenoxy) is 3. The van der Waals surface area contributed by atoms with Gasteiger partial charge in [0.25, 0.3) is 0 Å². The second-order valence-electron chi connectivity index (χ2n) is 2.45. The first kappa shape index (κ1) is 18.9. The summed E-state index contributed by atoms with van der Waals surface area (Å²) < 4.78 is 12.4. The van der Waals surface area contributed by atoms with Crippen LogP contribution in [0.3, 0.4) is 0 Å². The first-order valence-electron chi connectivity index (χ1n) is 4.27. The SMILES string of the molecule is COC(=O)/C=C\C(=O)OC.O=C1C=CC(=O)O1.[H-].[Na+]. The molecule has 0 bridgehead atoms. The molecule has 8 heteroatoms. The Bertz CT molecular complexity index is 355. The number of hydrogen-bond donors (Lipinski definition) is 0. The van der Waals surface area contributed by atoms with Crippen molar-refractivity contribution in [2.45, 2.75) is 0 Å². The van der Waals surface area contributed by atoms with Crippen LogP contribution in [0.25, 0.3) is 0 Å². The molecule has 0 saturated heterocycles. The molecule has 0 amide bonds. The second-order valence-corrected chi connectivity index (χ2v) is 2.45. The van der Waals surface area contributed by atoms with Gasteiger partial charge < -0.3 is 15.6 Å². The topological polar surface area (TPSA) is 96.0 Å². The predicted octanol–water partition coefficient (Wildman–Crippen LogP) is -3.37. The van der Waals surface area contributed by atoms with Gasteiger partial charge in [-0.2, -0.15) is 0 Å². The van der Waals surface area contributed by atoms with Gasteiger partial charge in [-0.05, 0) is 0 Å². The van der Waals surface area contributed by atoms with Crippen molar-refractivity contribution >= 4 is 23.9 Å². The quantitative estimate of drug-likeness (QED) is 0.169. The van der Waals surface area contributed by atoms with E-state index < -0.39 is 23.9 Å². The van der Waals surface area contributed by atoms with Crippen LogP contribution in [-0.4, -0.2) is 38.1 Å². The fourth-order valence-electron chi connectivity index (χ4n) is 0.575. The predicted molar refractivity (Wildman–Crippen MR) is 54.5 cm³/mol. The number of esters is 4. The third-order valence-corrected chi connectivity index (χ3v) is 1.31. The Balaban J connectivity index is -0.000000253. The summed E-state index contributed by atoms with van der Waals surface area (Å²) in [6.07, 6.45) is 4.16. The molecule has 0 aromatic rings. The normalized spacial score (nSPS) is 12.1. The molecule has 0 atom stereocenters. The number of carbonyl (C=O) groups excluding carboxylic acids is 4. The van der Waals surface area contributed by atoms with Crippen LogP contribution in [0, 0.1) is 0 Å². The Morgan fingerprint density at radius 2 is 1.39 bits per heavy atom. The largest absolute Gasteiger partial charge is 1.00 e. The second kappa shape index (κ2) is 10.7. The first-order valence-corrected chi connectivity index (χ1v) is 4.27. The van der Waals surface area contributed by atoms with E-state index >= 15 is 0 Å². The fraction of sp³-hybridized carbons (Fsp3) is 0.200. The van der Waals surface area contributed by atoms with Crippen molar-refractivity contribution in [3.63, 3.8) is 0 Å². The summed E-state index contributed by atoms with van der Waals surface area (Å²) in [6, 6.07) is 0. The molecule has 0 spiro atoms. The van der Waals surface area contributed by atoms with E-state index in [0.29, 0.717) is 0 Å². The Morgan fingerprint density at radius 1 is 1.06 bits per heavy atom. The third kappa shape index (κ3) is 9.76. The smallest absolute Gasteiger partial charge is 1.00 e. The Hall–Kier alpha value is -1.44. The van der Waals surface area contributed by atoms with Crippen molar-refractivity contribution in [1.29, 1.82) is 0 Å². The molecular weight excluding hydrogens is 255 g/mol. The van der Waals surface area contributed by atoms with Crippen LogP contribution in [0.4, 0.5) is 0 Å². The molecule has 1 aliphatic rings. The van der Waals surface area contributed by atoms with Crippen LogP contribution in [-0.2, 0) is 33.4 Å². The number of methoxy groups -OCH3 is 2. The zero-order valence-corrected chi connectivity index (χ0v) is 12.2. The average molecular weight is 266 g/mol. The van der Waals surface area contributed by atoms with Gasteiger partial charge in [0.2, 0.25) is 0 Å². The van der Waals surface area contributed by atoms with Crippen LogP contribution < -0.4 is 29.6 Å². The molecule has 1 heterocycles. The molecule has 7 nitrogen and oxygen atoms in total. The molecule has 0 aliphatic carbocycles.